The Hall–Kier alpha value is 0.103. The van der Waals surface area contributed by atoms with Crippen LogP contribution in [0.3, 0.4) is 0 Å². The average Bonchev–Trinajstić information content (AvgIpc) is 1.86. The van der Waals surface area contributed by atoms with E-state index in [1.165, 1.54) is 4.17 Å². The van der Waals surface area contributed by atoms with Gasteiger partial charge < -0.3 is 2.85 Å². The summed E-state index contributed by atoms with van der Waals surface area (Å²) in [4.78, 5) is 0. The van der Waals surface area contributed by atoms with Crippen LogP contribution in [0.5, 0.6) is 0 Å². The average molecular weight is 168 g/mol. The van der Waals surface area contributed by atoms with Crippen molar-refractivity contribution in [1.29, 1.82) is 0 Å². The Morgan fingerprint density at radius 2 is 2.67 bits per heavy atom. The zero-order chi connectivity index (χ0) is 4.41. The van der Waals surface area contributed by atoms with E-state index in [4.69, 9.17) is 0 Å². The second-order valence-corrected chi connectivity index (χ2v) is 2.35. The maximum absolute atomic E-state index is 2.59. The topological polar surface area (TPSA) is 0 Å². The molecule has 0 spiro atoms. The first-order chi connectivity index (χ1) is 2.89. The molecule has 35 valence electrons. The molecule has 0 aliphatic heterocycles. The summed E-state index contributed by atoms with van der Waals surface area (Å²) >= 11 is 2.59. The van der Waals surface area contributed by atoms with Gasteiger partial charge in [0, 0.05) is 0 Å². The third-order valence-electron chi connectivity index (χ3n) is 0.717. The quantitative estimate of drug-likeness (QED) is 0.482. The molecule has 0 amide bonds. The second kappa shape index (κ2) is 1.70. The SMILES string of the molecule is [H-].[H-].[Ru+2][C]1=CC=CC1. The summed E-state index contributed by atoms with van der Waals surface area (Å²) < 4.78 is 1.40. The Kier molecular flexibility index (Phi) is 1.21. The van der Waals surface area contributed by atoms with Gasteiger partial charge in [0.2, 0.25) is 0 Å². The molecule has 0 unspecified atom stereocenters. The van der Waals surface area contributed by atoms with Crippen LogP contribution in [0, 0.1) is 0 Å². The van der Waals surface area contributed by atoms with Crippen molar-refractivity contribution in [3.63, 3.8) is 0 Å². The van der Waals surface area contributed by atoms with Gasteiger partial charge in [0.25, 0.3) is 0 Å². The summed E-state index contributed by atoms with van der Waals surface area (Å²) in [5, 5.41) is 0. The summed E-state index contributed by atoms with van der Waals surface area (Å²) in [5.41, 5.74) is 0. The van der Waals surface area contributed by atoms with Crippen LogP contribution in [0.25, 0.3) is 0 Å². The van der Waals surface area contributed by atoms with Gasteiger partial charge in [0.1, 0.15) is 0 Å². The van der Waals surface area contributed by atoms with Crippen molar-refractivity contribution in [2.75, 3.05) is 0 Å². The fourth-order valence-corrected chi connectivity index (χ4v) is 0.788. The third-order valence-corrected chi connectivity index (χ3v) is 1.36. The molecule has 0 saturated carbocycles. The Morgan fingerprint density at radius 1 is 1.83 bits per heavy atom. The predicted molar refractivity (Wildman–Crippen MR) is 24.1 cm³/mol. The molecule has 0 N–H and O–H groups in total. The van der Waals surface area contributed by atoms with Crippen LogP contribution >= 0.6 is 0 Å². The third kappa shape index (κ3) is 0.783. The summed E-state index contributed by atoms with van der Waals surface area (Å²) in [5.74, 6) is 0. The van der Waals surface area contributed by atoms with E-state index in [0.29, 0.717) is 0 Å². The van der Waals surface area contributed by atoms with Crippen LogP contribution in [-0.2, 0) is 18.3 Å². The molecule has 6 heavy (non-hydrogen) atoms. The monoisotopic (exact) mass is 169 g/mol. The van der Waals surface area contributed by atoms with Gasteiger partial charge in [-0.3, -0.25) is 0 Å². The zero-order valence-electron chi connectivity index (χ0n) is 5.29. The molecule has 1 rings (SSSR count). The molecule has 0 radical (unpaired) electrons. The normalized spacial score (nSPS) is 18.3. The number of hydrogen-bond acceptors (Lipinski definition) is 0. The molecule has 0 nitrogen and oxygen atoms in total. The molecule has 0 aromatic heterocycles. The summed E-state index contributed by atoms with van der Waals surface area (Å²) in [6.07, 6.45) is 7.46. The minimum atomic E-state index is 0. The first-order valence-electron chi connectivity index (χ1n) is 1.89. The Bertz CT molecular complexity index is 107. The van der Waals surface area contributed by atoms with Crippen molar-refractivity contribution in [2.24, 2.45) is 0 Å². The minimum absolute atomic E-state index is 0. The fourth-order valence-electron chi connectivity index (χ4n) is 0.416. The molecule has 1 aliphatic carbocycles. The predicted octanol–water partition coefficient (Wildman–Crippen LogP) is 1.60. The molecule has 0 saturated heterocycles. The van der Waals surface area contributed by atoms with Crippen molar-refractivity contribution < 1.29 is 21.2 Å². The van der Waals surface area contributed by atoms with Crippen molar-refractivity contribution >= 4 is 0 Å². The van der Waals surface area contributed by atoms with Crippen molar-refractivity contribution in [2.45, 2.75) is 6.42 Å². The molecule has 1 heteroatoms. The molecule has 0 bridgehead atoms. The van der Waals surface area contributed by atoms with Crippen LogP contribution in [0.1, 0.15) is 9.27 Å². The molecule has 0 aromatic rings. The van der Waals surface area contributed by atoms with Gasteiger partial charge in [-0.05, 0) is 0 Å². The zero-order valence-corrected chi connectivity index (χ0v) is 5.03. The molecule has 1 aliphatic rings. The Morgan fingerprint density at radius 3 is 2.83 bits per heavy atom. The molecular weight excluding hydrogens is 161 g/mol. The van der Waals surface area contributed by atoms with Gasteiger partial charge in [-0.15, -0.1) is 0 Å². The summed E-state index contributed by atoms with van der Waals surface area (Å²) in [6.45, 7) is 0. The van der Waals surface area contributed by atoms with Crippen molar-refractivity contribution in [1.82, 2.24) is 0 Å². The first-order valence-corrected chi connectivity index (χ1v) is 2.76. The van der Waals surface area contributed by atoms with E-state index in [1.54, 1.807) is 0 Å². The first kappa shape index (κ1) is 4.27. The number of rotatable bonds is 0. The van der Waals surface area contributed by atoms with E-state index in [0.717, 1.165) is 6.42 Å². The number of allylic oxidation sites excluding steroid dienone is 4. The Labute approximate surface area is 50.6 Å². The molecule has 0 aromatic carbocycles. The van der Waals surface area contributed by atoms with Gasteiger partial charge in [-0.1, -0.05) is 0 Å². The maximum atomic E-state index is 2.59. The van der Waals surface area contributed by atoms with Crippen LogP contribution in [0.15, 0.2) is 22.4 Å². The van der Waals surface area contributed by atoms with Crippen LogP contribution in [0.4, 0.5) is 0 Å². The van der Waals surface area contributed by atoms with Gasteiger partial charge in [0.15, 0.2) is 0 Å². The van der Waals surface area contributed by atoms with Gasteiger partial charge in [0.05, 0.1) is 0 Å². The fraction of sp³-hybridized carbons (Fsp3) is 0.200. The van der Waals surface area contributed by atoms with Crippen LogP contribution < -0.4 is 0 Å². The number of hydrogen-bond donors (Lipinski definition) is 0. The van der Waals surface area contributed by atoms with E-state index in [1.807, 2.05) is 0 Å². The van der Waals surface area contributed by atoms with E-state index in [9.17, 15) is 0 Å². The van der Waals surface area contributed by atoms with Crippen molar-refractivity contribution in [3.8, 4) is 0 Å². The Balaban J connectivity index is 0. The molecular formula is C5H7Ru. The van der Waals surface area contributed by atoms with Gasteiger partial charge in [-0.25, -0.2) is 0 Å². The van der Waals surface area contributed by atoms with Crippen LogP contribution in [0.2, 0.25) is 0 Å². The van der Waals surface area contributed by atoms with E-state index in [-0.39, 0.29) is 2.85 Å². The van der Waals surface area contributed by atoms with E-state index < -0.39 is 0 Å². The van der Waals surface area contributed by atoms with E-state index in [2.05, 4.69) is 36.5 Å². The molecule has 0 atom stereocenters. The van der Waals surface area contributed by atoms with Gasteiger partial charge in [-0.2, -0.15) is 0 Å². The second-order valence-electron chi connectivity index (χ2n) is 1.23. The van der Waals surface area contributed by atoms with Gasteiger partial charge >= 0.3 is 47.1 Å². The summed E-state index contributed by atoms with van der Waals surface area (Å²) in [6, 6.07) is 0. The standard InChI is InChI=1S/C5H5.Ru.2H/c1-2-4-5-3-1;;;/h1-3H,4H2;;;/q;+2;2*-1. The molecule has 0 fully saturated rings. The van der Waals surface area contributed by atoms with E-state index >= 15 is 0 Å². The van der Waals surface area contributed by atoms with Crippen LogP contribution in [-0.4, -0.2) is 0 Å². The van der Waals surface area contributed by atoms with Crippen molar-refractivity contribution in [3.05, 3.63) is 22.4 Å². The summed E-state index contributed by atoms with van der Waals surface area (Å²) in [7, 11) is 0. The molecule has 0 heterocycles.